The number of non-ortho nitro benzene ring substituents is 3. The zero-order valence-corrected chi connectivity index (χ0v) is 27.5. The summed E-state index contributed by atoms with van der Waals surface area (Å²) in [6.07, 6.45) is 0. The largest absolute Gasteiger partial charge is 0.397 e. The summed E-state index contributed by atoms with van der Waals surface area (Å²) in [5, 5.41) is 32.5. The third-order valence-electron chi connectivity index (χ3n) is 6.60. The van der Waals surface area contributed by atoms with Crippen LogP contribution in [0.15, 0.2) is 72.8 Å². The van der Waals surface area contributed by atoms with Crippen molar-refractivity contribution >= 4 is 34.1 Å². The van der Waals surface area contributed by atoms with Gasteiger partial charge in [0.1, 0.15) is 0 Å². The Balaban J connectivity index is 1.65. The number of anilines is 3. The van der Waals surface area contributed by atoms with Crippen LogP contribution in [-0.2, 0) is 0 Å². The molecule has 0 aliphatic carbocycles. The Labute approximate surface area is 308 Å². The molecule has 0 spiro atoms. The molecule has 4 rings (SSSR count). The summed E-state index contributed by atoms with van der Waals surface area (Å²) < 4.78 is 0. The minimum Gasteiger partial charge on any atom is -0.397 e. The van der Waals surface area contributed by atoms with E-state index < -0.39 is 14.8 Å². The Kier molecular flexibility index (Phi) is 12.7. The van der Waals surface area contributed by atoms with E-state index in [4.69, 9.17) is 17.2 Å². The van der Waals surface area contributed by atoms with Gasteiger partial charge in [0.2, 0.25) is 0 Å². The maximum atomic E-state index is 10.8. The number of nitrogen functional groups attached to an aromatic ring is 3. The summed E-state index contributed by atoms with van der Waals surface area (Å²) in [5.41, 5.74) is 21.0. The number of nitro groups is 3. The van der Waals surface area contributed by atoms with Crippen LogP contribution < -0.4 is 17.2 Å². The molecule has 12 heteroatoms. The lowest BCUT2D eigenvalue weighted by Crippen LogP contribution is -2.08. The van der Waals surface area contributed by atoms with Crippen molar-refractivity contribution in [1.29, 1.82) is 0 Å². The van der Waals surface area contributed by atoms with Crippen molar-refractivity contribution in [1.82, 2.24) is 0 Å². The van der Waals surface area contributed by atoms with Gasteiger partial charge in [0.15, 0.2) is 0 Å². The van der Waals surface area contributed by atoms with Crippen molar-refractivity contribution in [3.05, 3.63) is 137 Å². The lowest BCUT2D eigenvalue weighted by atomic mass is 9.97. The van der Waals surface area contributed by atoms with Gasteiger partial charge < -0.3 is 17.2 Å². The summed E-state index contributed by atoms with van der Waals surface area (Å²) in [6, 6.07) is 16.9. The Bertz CT molecular complexity index is 2480. The Morgan fingerprint density at radius 2 is 0.537 bits per heavy atom. The molecule has 0 amide bonds. The maximum Gasteiger partial charge on any atom is 0.269 e. The van der Waals surface area contributed by atoms with Gasteiger partial charge in [0.25, 0.3) is 17.1 Å². The zero-order valence-electron chi connectivity index (χ0n) is 27.5. The first-order valence-electron chi connectivity index (χ1n) is 14.8. The van der Waals surface area contributed by atoms with E-state index >= 15 is 0 Å². The maximum absolute atomic E-state index is 10.8. The molecular formula is C42H18N6O6. The first-order valence-corrected chi connectivity index (χ1v) is 14.8. The predicted molar refractivity (Wildman–Crippen MR) is 204 cm³/mol. The molecule has 6 N–H and O–H groups in total. The van der Waals surface area contributed by atoms with Gasteiger partial charge in [-0.25, -0.2) is 0 Å². The van der Waals surface area contributed by atoms with Crippen molar-refractivity contribution in [2.75, 3.05) is 17.2 Å². The van der Waals surface area contributed by atoms with E-state index in [-0.39, 0.29) is 50.8 Å². The number of nitrogens with zero attached hydrogens (tertiary/aromatic N) is 3. The highest BCUT2D eigenvalue weighted by molar-refractivity contribution is 5.89. The standard InChI is InChI=1S/C42H18N6O6/c43-40-37(16-10-4-1-7-13-31-19-25-34(26-20-31)46(49)50)41(44)39(18-12-6-3-9-15-33-23-29-36(30-24-33)48(53)54)42(45)38(40)17-11-5-2-8-14-32-21-27-35(28-22-32)47(51)52/h19-30H,43-45H2. The van der Waals surface area contributed by atoms with E-state index in [0.717, 1.165) is 0 Å². The predicted octanol–water partition coefficient (Wildman–Crippen LogP) is 4.38. The molecule has 0 saturated heterocycles. The average Bonchev–Trinajstić information content (AvgIpc) is 3.16. The summed E-state index contributed by atoms with van der Waals surface area (Å²) in [6.45, 7) is 0. The van der Waals surface area contributed by atoms with Crippen LogP contribution in [0.5, 0.6) is 0 Å². The highest BCUT2D eigenvalue weighted by atomic mass is 16.6. The van der Waals surface area contributed by atoms with Gasteiger partial charge in [-0.1, -0.05) is 17.8 Å². The van der Waals surface area contributed by atoms with Gasteiger partial charge in [-0.05, 0) is 125 Å². The van der Waals surface area contributed by atoms with Gasteiger partial charge >= 0.3 is 0 Å². The monoisotopic (exact) mass is 702 g/mol. The fourth-order valence-corrected chi connectivity index (χ4v) is 3.99. The normalized spacial score (nSPS) is 8.44. The van der Waals surface area contributed by atoms with E-state index in [0.29, 0.717) is 16.7 Å². The molecule has 0 atom stereocenters. The van der Waals surface area contributed by atoms with Crippen LogP contribution in [0.1, 0.15) is 33.4 Å². The molecule has 0 bridgehead atoms. The number of benzene rings is 4. The van der Waals surface area contributed by atoms with Gasteiger partial charge in [-0.3, -0.25) is 30.3 Å². The topological polar surface area (TPSA) is 207 Å². The molecule has 4 aromatic carbocycles. The van der Waals surface area contributed by atoms with Crippen molar-refractivity contribution in [2.45, 2.75) is 0 Å². The van der Waals surface area contributed by atoms with Crippen LogP contribution in [0.4, 0.5) is 34.1 Å². The van der Waals surface area contributed by atoms with Crippen LogP contribution in [0.25, 0.3) is 0 Å². The second-order valence-electron chi connectivity index (χ2n) is 10.0. The fraction of sp³-hybridized carbons (Fsp3) is 0. The van der Waals surface area contributed by atoms with E-state index in [1.165, 1.54) is 72.8 Å². The first kappa shape index (κ1) is 37.3. The number of rotatable bonds is 3. The third-order valence-corrected chi connectivity index (χ3v) is 6.60. The van der Waals surface area contributed by atoms with Crippen LogP contribution in [0, 0.1) is 137 Å². The Morgan fingerprint density at radius 3 is 0.741 bits per heavy atom. The van der Waals surface area contributed by atoms with E-state index in [1.54, 1.807) is 0 Å². The second kappa shape index (κ2) is 18.3. The minimum atomic E-state index is -0.515. The molecule has 0 fully saturated rings. The molecule has 0 saturated carbocycles. The van der Waals surface area contributed by atoms with Crippen LogP contribution in [-0.4, -0.2) is 14.8 Å². The van der Waals surface area contributed by atoms with Gasteiger partial charge in [-0.15, -0.1) is 0 Å². The smallest absolute Gasteiger partial charge is 0.269 e. The van der Waals surface area contributed by atoms with Crippen molar-refractivity contribution in [3.8, 4) is 107 Å². The highest BCUT2D eigenvalue weighted by Crippen LogP contribution is 2.33. The van der Waals surface area contributed by atoms with E-state index in [2.05, 4.69) is 107 Å². The summed E-state index contributed by atoms with van der Waals surface area (Å²) in [5.74, 6) is 47.7. The molecule has 0 radical (unpaired) electrons. The highest BCUT2D eigenvalue weighted by Gasteiger charge is 2.16. The lowest BCUT2D eigenvalue weighted by Gasteiger charge is -2.12. The molecule has 0 heterocycles. The average molecular weight is 703 g/mol. The third kappa shape index (κ3) is 10.5. The van der Waals surface area contributed by atoms with Crippen LogP contribution >= 0.6 is 0 Å². The van der Waals surface area contributed by atoms with Crippen LogP contribution in [0.2, 0.25) is 0 Å². The SMILES string of the molecule is Nc1c(C#CC#CC#Cc2ccc([N+](=O)[O-])cc2)c(N)c(C#CC#CC#Cc2ccc([N+](=O)[O-])cc2)c(N)c1C#CC#CC#Cc1ccc([N+](=O)[O-])cc1. The molecule has 0 aliphatic rings. The molecular weight excluding hydrogens is 684 g/mol. The first-order chi connectivity index (χ1) is 26.0. The van der Waals surface area contributed by atoms with E-state index in [9.17, 15) is 30.3 Å². The van der Waals surface area contributed by atoms with Gasteiger partial charge in [0.05, 0.1) is 48.5 Å². The molecule has 4 aromatic rings. The van der Waals surface area contributed by atoms with Crippen molar-refractivity contribution in [2.24, 2.45) is 0 Å². The number of hydrogen-bond acceptors (Lipinski definition) is 9. The lowest BCUT2D eigenvalue weighted by molar-refractivity contribution is -0.385. The van der Waals surface area contributed by atoms with Gasteiger partial charge in [-0.2, -0.15) is 0 Å². The molecule has 252 valence electrons. The van der Waals surface area contributed by atoms with Gasteiger partial charge in [0, 0.05) is 53.1 Å². The Morgan fingerprint density at radius 1 is 0.333 bits per heavy atom. The van der Waals surface area contributed by atoms with Crippen molar-refractivity contribution < 1.29 is 14.8 Å². The second-order valence-corrected chi connectivity index (χ2v) is 10.0. The molecule has 0 aliphatic heterocycles. The molecule has 54 heavy (non-hydrogen) atoms. The fourth-order valence-electron chi connectivity index (χ4n) is 3.99. The summed E-state index contributed by atoms with van der Waals surface area (Å²) in [4.78, 5) is 30.9. The number of nitrogens with two attached hydrogens (primary N) is 3. The molecule has 0 aromatic heterocycles. The molecule has 0 unspecified atom stereocenters. The van der Waals surface area contributed by atoms with E-state index in [1.807, 2.05) is 0 Å². The van der Waals surface area contributed by atoms with Crippen LogP contribution in [0.3, 0.4) is 0 Å². The number of hydrogen-bond donors (Lipinski definition) is 3. The van der Waals surface area contributed by atoms with Crippen molar-refractivity contribution in [3.63, 3.8) is 0 Å². The Hall–Kier alpha value is -9.48. The minimum absolute atomic E-state index is 0.0353. The summed E-state index contributed by atoms with van der Waals surface area (Å²) >= 11 is 0. The quantitative estimate of drug-likeness (QED) is 0.120. The molecule has 12 nitrogen and oxygen atoms in total. The number of nitro benzene ring substituents is 3. The zero-order chi connectivity index (χ0) is 38.9. The summed E-state index contributed by atoms with van der Waals surface area (Å²) in [7, 11) is 0.